The van der Waals surface area contributed by atoms with Gasteiger partial charge in [-0.15, -0.1) is 11.8 Å². The Kier molecular flexibility index (Phi) is 6.00. The Balaban J connectivity index is 2.01. The number of amides is 1. The van der Waals surface area contributed by atoms with E-state index in [0.29, 0.717) is 17.5 Å². The van der Waals surface area contributed by atoms with Crippen LogP contribution in [-0.2, 0) is 4.79 Å². The highest BCUT2D eigenvalue weighted by Crippen LogP contribution is 2.34. The smallest absolute Gasteiger partial charge is 0.235 e. The van der Waals surface area contributed by atoms with Gasteiger partial charge in [0.05, 0.1) is 19.5 Å². The van der Waals surface area contributed by atoms with Crippen molar-refractivity contribution in [2.24, 2.45) is 0 Å². The molecule has 122 valence electrons. The summed E-state index contributed by atoms with van der Waals surface area (Å²) >= 11 is 1.56. The van der Waals surface area contributed by atoms with E-state index in [0.717, 1.165) is 17.7 Å². The minimum Gasteiger partial charge on any atom is -0.493 e. The van der Waals surface area contributed by atoms with Crippen LogP contribution in [0.5, 0.6) is 11.5 Å². The van der Waals surface area contributed by atoms with Gasteiger partial charge in [0, 0.05) is 18.0 Å². The minimum absolute atomic E-state index is 0.108. The Morgan fingerprint density at radius 2 is 1.86 bits per heavy atom. The average Bonchev–Trinajstić information content (AvgIpc) is 3.07. The van der Waals surface area contributed by atoms with Gasteiger partial charge in [-0.2, -0.15) is 0 Å². The van der Waals surface area contributed by atoms with Gasteiger partial charge >= 0.3 is 0 Å². The van der Waals surface area contributed by atoms with E-state index < -0.39 is 0 Å². The van der Waals surface area contributed by atoms with Crippen molar-refractivity contribution in [3.63, 3.8) is 0 Å². The first-order valence-electron chi connectivity index (χ1n) is 7.72. The van der Waals surface area contributed by atoms with Crippen LogP contribution in [0.4, 0.5) is 0 Å². The number of hydrogen-bond acceptors (Lipinski definition) is 4. The number of nitrogens with zero attached hydrogens (tertiary/aromatic N) is 1. The fourth-order valence-electron chi connectivity index (χ4n) is 2.90. The number of benzene rings is 1. The summed E-state index contributed by atoms with van der Waals surface area (Å²) in [5.41, 5.74) is 0. The first kappa shape index (κ1) is 17.0. The number of carbonyl (C=O) groups is 1. The molecule has 5 heteroatoms. The summed E-state index contributed by atoms with van der Waals surface area (Å²) in [6, 6.07) is 6.17. The highest BCUT2D eigenvalue weighted by molar-refractivity contribution is 8.00. The number of methoxy groups -OCH3 is 2. The summed E-state index contributed by atoms with van der Waals surface area (Å²) in [4.78, 5) is 15.5. The fraction of sp³-hybridized carbons (Fsp3) is 0.588. The first-order valence-corrected chi connectivity index (χ1v) is 8.60. The summed E-state index contributed by atoms with van der Waals surface area (Å²) in [6.45, 7) is 1.97. The summed E-state index contributed by atoms with van der Waals surface area (Å²) < 4.78 is 10.6. The van der Waals surface area contributed by atoms with E-state index in [-0.39, 0.29) is 11.2 Å². The Morgan fingerprint density at radius 3 is 2.45 bits per heavy atom. The largest absolute Gasteiger partial charge is 0.493 e. The predicted molar refractivity (Wildman–Crippen MR) is 89.9 cm³/mol. The van der Waals surface area contributed by atoms with Crippen LogP contribution in [0.2, 0.25) is 0 Å². The molecule has 1 aliphatic carbocycles. The van der Waals surface area contributed by atoms with E-state index in [9.17, 15) is 4.79 Å². The molecule has 1 atom stereocenters. The Labute approximate surface area is 137 Å². The van der Waals surface area contributed by atoms with Crippen LogP contribution < -0.4 is 9.47 Å². The molecule has 0 aliphatic heterocycles. The summed E-state index contributed by atoms with van der Waals surface area (Å²) in [7, 11) is 5.17. The third-order valence-electron chi connectivity index (χ3n) is 4.24. The maximum atomic E-state index is 12.6. The van der Waals surface area contributed by atoms with Crippen molar-refractivity contribution >= 4 is 17.7 Å². The molecule has 1 fully saturated rings. The van der Waals surface area contributed by atoms with Gasteiger partial charge in [0.1, 0.15) is 0 Å². The van der Waals surface area contributed by atoms with Crippen LogP contribution in [-0.4, -0.2) is 43.4 Å². The van der Waals surface area contributed by atoms with E-state index in [1.54, 1.807) is 26.0 Å². The Bertz CT molecular complexity index is 515. The SMILES string of the molecule is COc1ccc(SC(C)C(=O)N(C)C2CCCC2)cc1OC. The van der Waals surface area contributed by atoms with E-state index >= 15 is 0 Å². The third kappa shape index (κ3) is 3.88. The highest BCUT2D eigenvalue weighted by Gasteiger charge is 2.27. The lowest BCUT2D eigenvalue weighted by Crippen LogP contribution is -2.39. The number of rotatable bonds is 6. The normalized spacial score (nSPS) is 16.4. The molecule has 1 unspecified atom stereocenters. The van der Waals surface area contributed by atoms with Crippen molar-refractivity contribution in [2.75, 3.05) is 21.3 Å². The zero-order chi connectivity index (χ0) is 16.1. The predicted octanol–water partition coefficient (Wildman–Crippen LogP) is 3.59. The molecule has 0 heterocycles. The molecule has 0 spiro atoms. The van der Waals surface area contributed by atoms with Crippen molar-refractivity contribution in [1.82, 2.24) is 4.90 Å². The molecule has 4 nitrogen and oxygen atoms in total. The van der Waals surface area contributed by atoms with Crippen molar-refractivity contribution < 1.29 is 14.3 Å². The van der Waals surface area contributed by atoms with Crippen LogP contribution in [0.3, 0.4) is 0 Å². The molecule has 0 bridgehead atoms. The van der Waals surface area contributed by atoms with Gasteiger partial charge in [-0.3, -0.25) is 4.79 Å². The van der Waals surface area contributed by atoms with Gasteiger partial charge in [-0.25, -0.2) is 0 Å². The standard InChI is InChI=1S/C17H25NO3S/c1-12(17(19)18(2)13-7-5-6-8-13)22-14-9-10-15(20-3)16(11-14)21-4/h9-13H,5-8H2,1-4H3. The quantitative estimate of drug-likeness (QED) is 0.750. The molecule has 2 rings (SSSR count). The highest BCUT2D eigenvalue weighted by atomic mass is 32.2. The molecule has 0 saturated heterocycles. The average molecular weight is 323 g/mol. The summed E-state index contributed by atoms with van der Waals surface area (Å²) in [5, 5.41) is -0.108. The molecule has 1 amide bonds. The molecule has 1 aliphatic rings. The van der Waals surface area contributed by atoms with Crippen molar-refractivity contribution in [3.8, 4) is 11.5 Å². The van der Waals surface area contributed by atoms with Gasteiger partial charge in [0.25, 0.3) is 0 Å². The molecule has 0 N–H and O–H groups in total. The molecule has 0 aromatic heterocycles. The first-order chi connectivity index (χ1) is 10.6. The number of thioether (sulfide) groups is 1. The van der Waals surface area contributed by atoms with Crippen LogP contribution in [0.25, 0.3) is 0 Å². The summed E-state index contributed by atoms with van der Waals surface area (Å²) in [6.07, 6.45) is 4.74. The van der Waals surface area contributed by atoms with Crippen LogP contribution in [0.1, 0.15) is 32.6 Å². The van der Waals surface area contributed by atoms with Gasteiger partial charge in [-0.1, -0.05) is 12.8 Å². The molecule has 1 aromatic rings. The lowest BCUT2D eigenvalue weighted by atomic mass is 10.2. The molecular weight excluding hydrogens is 298 g/mol. The molecular formula is C17H25NO3S. The summed E-state index contributed by atoms with van der Waals surface area (Å²) in [5.74, 6) is 1.59. The second-order valence-electron chi connectivity index (χ2n) is 5.66. The maximum absolute atomic E-state index is 12.6. The van der Waals surface area contributed by atoms with Crippen LogP contribution in [0, 0.1) is 0 Å². The maximum Gasteiger partial charge on any atom is 0.235 e. The van der Waals surface area contributed by atoms with Gasteiger partial charge in [0.15, 0.2) is 11.5 Å². The molecule has 22 heavy (non-hydrogen) atoms. The number of carbonyl (C=O) groups excluding carboxylic acids is 1. The zero-order valence-electron chi connectivity index (χ0n) is 13.8. The molecule has 1 aromatic carbocycles. The van der Waals surface area contributed by atoms with E-state index in [2.05, 4.69) is 0 Å². The fourth-order valence-corrected chi connectivity index (χ4v) is 3.90. The zero-order valence-corrected chi connectivity index (χ0v) is 14.6. The Morgan fingerprint density at radius 1 is 1.23 bits per heavy atom. The third-order valence-corrected chi connectivity index (χ3v) is 5.32. The molecule has 1 saturated carbocycles. The monoisotopic (exact) mass is 323 g/mol. The lowest BCUT2D eigenvalue weighted by Gasteiger charge is -2.27. The number of hydrogen-bond donors (Lipinski definition) is 0. The van der Waals surface area contributed by atoms with Crippen molar-refractivity contribution in [3.05, 3.63) is 18.2 Å². The van der Waals surface area contributed by atoms with Gasteiger partial charge < -0.3 is 14.4 Å². The van der Waals surface area contributed by atoms with Gasteiger partial charge in [-0.05, 0) is 38.0 Å². The van der Waals surface area contributed by atoms with E-state index in [4.69, 9.17) is 9.47 Å². The van der Waals surface area contributed by atoms with Gasteiger partial charge in [0.2, 0.25) is 5.91 Å². The molecule has 0 radical (unpaired) electrons. The van der Waals surface area contributed by atoms with Crippen molar-refractivity contribution in [2.45, 2.75) is 48.8 Å². The van der Waals surface area contributed by atoms with E-state index in [1.807, 2.05) is 37.1 Å². The topological polar surface area (TPSA) is 38.8 Å². The van der Waals surface area contributed by atoms with Crippen LogP contribution >= 0.6 is 11.8 Å². The van der Waals surface area contributed by atoms with Crippen LogP contribution in [0.15, 0.2) is 23.1 Å². The minimum atomic E-state index is -0.108. The van der Waals surface area contributed by atoms with E-state index in [1.165, 1.54) is 12.8 Å². The lowest BCUT2D eigenvalue weighted by molar-refractivity contribution is -0.130. The second-order valence-corrected chi connectivity index (χ2v) is 7.08. The second kappa shape index (κ2) is 7.77. The van der Waals surface area contributed by atoms with Crippen molar-refractivity contribution in [1.29, 1.82) is 0 Å². The number of ether oxygens (including phenoxy) is 2. The Hall–Kier alpha value is -1.36.